The van der Waals surface area contributed by atoms with Crippen molar-refractivity contribution in [3.63, 3.8) is 0 Å². The quantitative estimate of drug-likeness (QED) is 0.579. The van der Waals surface area contributed by atoms with Gasteiger partial charge in [0.2, 0.25) is 17.7 Å². The van der Waals surface area contributed by atoms with Crippen LogP contribution in [0.5, 0.6) is 0 Å². The molecule has 1 aliphatic rings. The second kappa shape index (κ2) is 5.68. The Balaban J connectivity index is 2.30. The van der Waals surface area contributed by atoms with E-state index in [1.807, 2.05) is 6.92 Å². The lowest BCUT2D eigenvalue weighted by Crippen LogP contribution is -2.28. The van der Waals surface area contributed by atoms with Crippen molar-refractivity contribution in [1.82, 2.24) is 9.97 Å². The number of nitrogens with zero attached hydrogens (tertiary/aromatic N) is 4. The average molecular weight is 280 g/mol. The lowest BCUT2D eigenvalue weighted by Gasteiger charge is -2.17. The van der Waals surface area contributed by atoms with Crippen molar-refractivity contribution in [3.05, 3.63) is 16.3 Å². The Kier molecular flexibility index (Phi) is 3.97. The highest BCUT2D eigenvalue weighted by molar-refractivity contribution is 5.78. The van der Waals surface area contributed by atoms with E-state index < -0.39 is 10.8 Å². The van der Waals surface area contributed by atoms with Gasteiger partial charge in [-0.2, -0.15) is 4.98 Å². The zero-order valence-corrected chi connectivity index (χ0v) is 11.1. The molecule has 9 heteroatoms. The molecule has 1 atom stereocenters. The fourth-order valence-corrected chi connectivity index (χ4v) is 2.16. The Morgan fingerprint density at radius 2 is 2.45 bits per heavy atom. The summed E-state index contributed by atoms with van der Waals surface area (Å²) in [4.78, 5) is 31.5. The zero-order valence-electron chi connectivity index (χ0n) is 11.1. The first-order chi connectivity index (χ1) is 9.52. The topological polar surface area (TPSA) is 127 Å². The molecule has 20 heavy (non-hydrogen) atoms. The molecule has 0 spiro atoms. The highest BCUT2D eigenvalue weighted by atomic mass is 16.6. The minimum atomic E-state index is -0.525. The zero-order chi connectivity index (χ0) is 14.7. The summed E-state index contributed by atoms with van der Waals surface area (Å²) in [5.74, 6) is -0.136. The van der Waals surface area contributed by atoms with Gasteiger partial charge in [0.15, 0.2) is 0 Å². The molecule has 1 saturated heterocycles. The highest BCUT2D eigenvalue weighted by Gasteiger charge is 2.32. The van der Waals surface area contributed by atoms with Crippen molar-refractivity contribution in [2.24, 2.45) is 11.7 Å². The van der Waals surface area contributed by atoms with Gasteiger partial charge in [0.25, 0.3) is 0 Å². The van der Waals surface area contributed by atoms with Gasteiger partial charge in [-0.05, 0) is 13.3 Å². The summed E-state index contributed by atoms with van der Waals surface area (Å²) >= 11 is 0. The summed E-state index contributed by atoms with van der Waals surface area (Å²) in [6, 6.07) is 0. The minimum Gasteiger partial charge on any atom is -0.369 e. The molecule has 0 bridgehead atoms. The largest absolute Gasteiger partial charge is 0.369 e. The summed E-state index contributed by atoms with van der Waals surface area (Å²) in [7, 11) is 0. The molecule has 2 heterocycles. The third-order valence-corrected chi connectivity index (χ3v) is 3.17. The normalized spacial score (nSPS) is 18.1. The molecule has 1 fully saturated rings. The number of primary amides is 1. The van der Waals surface area contributed by atoms with Crippen LogP contribution < -0.4 is 16.0 Å². The molecule has 9 nitrogen and oxygen atoms in total. The van der Waals surface area contributed by atoms with Crippen LogP contribution in [-0.2, 0) is 4.79 Å². The van der Waals surface area contributed by atoms with Gasteiger partial charge in [0.05, 0.1) is 10.8 Å². The van der Waals surface area contributed by atoms with E-state index >= 15 is 0 Å². The Bertz CT molecular complexity index is 535. The van der Waals surface area contributed by atoms with Crippen molar-refractivity contribution in [2.75, 3.05) is 29.9 Å². The van der Waals surface area contributed by atoms with Gasteiger partial charge >= 0.3 is 5.69 Å². The van der Waals surface area contributed by atoms with Crippen LogP contribution in [0.1, 0.15) is 13.3 Å². The molecule has 3 N–H and O–H groups in total. The van der Waals surface area contributed by atoms with Crippen LogP contribution >= 0.6 is 0 Å². The van der Waals surface area contributed by atoms with Gasteiger partial charge in [-0.3, -0.25) is 14.9 Å². The van der Waals surface area contributed by atoms with Gasteiger partial charge in [0.1, 0.15) is 6.20 Å². The number of carbonyl (C=O) groups is 1. The predicted molar refractivity (Wildman–Crippen MR) is 72.4 cm³/mol. The smallest absolute Gasteiger partial charge is 0.329 e. The maximum Gasteiger partial charge on any atom is 0.329 e. The monoisotopic (exact) mass is 280 g/mol. The third kappa shape index (κ3) is 2.76. The first-order valence-electron chi connectivity index (χ1n) is 6.32. The lowest BCUT2D eigenvalue weighted by atomic mass is 10.1. The Hall–Kier alpha value is -2.45. The number of hydrogen-bond acceptors (Lipinski definition) is 7. The molecule has 2 rings (SSSR count). The Labute approximate surface area is 115 Å². The third-order valence-electron chi connectivity index (χ3n) is 3.17. The number of anilines is 2. The highest BCUT2D eigenvalue weighted by Crippen LogP contribution is 2.30. The fraction of sp³-hybridized carbons (Fsp3) is 0.545. The van der Waals surface area contributed by atoms with Crippen molar-refractivity contribution >= 4 is 23.4 Å². The Morgan fingerprint density at radius 3 is 3.00 bits per heavy atom. The van der Waals surface area contributed by atoms with E-state index in [2.05, 4.69) is 15.3 Å². The van der Waals surface area contributed by atoms with Crippen LogP contribution in [0.3, 0.4) is 0 Å². The predicted octanol–water partition coefficient (Wildman–Crippen LogP) is 0.128. The second-order valence-corrected chi connectivity index (χ2v) is 4.52. The molecule has 0 radical (unpaired) electrons. The van der Waals surface area contributed by atoms with Crippen LogP contribution in [0.4, 0.5) is 17.5 Å². The van der Waals surface area contributed by atoms with E-state index in [0.717, 1.165) is 0 Å². The molecule has 1 aromatic heterocycles. The first kappa shape index (κ1) is 14.0. The number of nitrogens with two attached hydrogens (primary N) is 1. The van der Waals surface area contributed by atoms with E-state index in [1.165, 1.54) is 6.20 Å². The van der Waals surface area contributed by atoms with E-state index in [4.69, 9.17) is 5.73 Å². The van der Waals surface area contributed by atoms with E-state index in [-0.39, 0.29) is 17.4 Å². The Morgan fingerprint density at radius 1 is 1.70 bits per heavy atom. The fourth-order valence-electron chi connectivity index (χ4n) is 2.16. The number of nitrogens with one attached hydrogen (secondary N) is 1. The van der Waals surface area contributed by atoms with Crippen molar-refractivity contribution in [2.45, 2.75) is 13.3 Å². The summed E-state index contributed by atoms with van der Waals surface area (Å²) < 4.78 is 0. The van der Waals surface area contributed by atoms with E-state index in [1.54, 1.807) is 4.90 Å². The molecule has 1 amide bonds. The van der Waals surface area contributed by atoms with Crippen molar-refractivity contribution in [1.29, 1.82) is 0 Å². The van der Waals surface area contributed by atoms with E-state index in [0.29, 0.717) is 32.0 Å². The number of hydrogen-bond donors (Lipinski definition) is 2. The number of nitro groups is 1. The van der Waals surface area contributed by atoms with Crippen LogP contribution in [0, 0.1) is 16.0 Å². The van der Waals surface area contributed by atoms with Crippen LogP contribution in [-0.4, -0.2) is 40.4 Å². The molecule has 0 saturated carbocycles. The molecule has 108 valence electrons. The van der Waals surface area contributed by atoms with Gasteiger partial charge in [-0.25, -0.2) is 4.98 Å². The molecule has 1 unspecified atom stereocenters. The van der Waals surface area contributed by atoms with Gasteiger partial charge < -0.3 is 16.0 Å². The molecule has 0 aromatic carbocycles. The molecular weight excluding hydrogens is 264 g/mol. The number of amides is 1. The van der Waals surface area contributed by atoms with Gasteiger partial charge in [-0.1, -0.05) is 0 Å². The SMILES string of the molecule is CCNc1ncc([N+](=O)[O-])c(N2CCC(C(N)=O)C2)n1. The second-order valence-electron chi connectivity index (χ2n) is 4.52. The van der Waals surface area contributed by atoms with Crippen LogP contribution in [0.25, 0.3) is 0 Å². The van der Waals surface area contributed by atoms with E-state index in [9.17, 15) is 14.9 Å². The number of carbonyl (C=O) groups excluding carboxylic acids is 1. The summed E-state index contributed by atoms with van der Waals surface area (Å²) in [6.07, 6.45) is 1.75. The van der Waals surface area contributed by atoms with Crippen LogP contribution in [0.2, 0.25) is 0 Å². The first-order valence-corrected chi connectivity index (χ1v) is 6.32. The van der Waals surface area contributed by atoms with Gasteiger partial charge in [-0.15, -0.1) is 0 Å². The lowest BCUT2D eigenvalue weighted by molar-refractivity contribution is -0.384. The maximum absolute atomic E-state index is 11.2. The number of aromatic nitrogens is 2. The van der Waals surface area contributed by atoms with Crippen molar-refractivity contribution < 1.29 is 9.72 Å². The molecule has 1 aliphatic heterocycles. The average Bonchev–Trinajstić information content (AvgIpc) is 2.88. The molecule has 0 aliphatic carbocycles. The molecule has 1 aromatic rings. The summed E-state index contributed by atoms with van der Waals surface area (Å²) in [6.45, 7) is 3.35. The van der Waals surface area contributed by atoms with Crippen LogP contribution in [0.15, 0.2) is 6.20 Å². The number of rotatable bonds is 5. The molecular formula is C11H16N6O3. The minimum absolute atomic E-state index is 0.170. The van der Waals surface area contributed by atoms with Crippen molar-refractivity contribution in [3.8, 4) is 0 Å². The maximum atomic E-state index is 11.2. The summed E-state index contributed by atoms with van der Waals surface area (Å²) in [5, 5.41) is 14.0. The summed E-state index contributed by atoms with van der Waals surface area (Å²) in [5.41, 5.74) is 5.10. The van der Waals surface area contributed by atoms with Gasteiger partial charge in [0, 0.05) is 19.6 Å². The standard InChI is InChI=1S/C11H16N6O3/c1-2-13-11-14-5-8(17(19)20)10(15-11)16-4-3-7(6-16)9(12)18/h5,7H,2-4,6H2,1H3,(H2,12,18)(H,13,14,15).